The molecule has 0 bridgehead atoms. The fourth-order valence-corrected chi connectivity index (χ4v) is 2.56. The van der Waals surface area contributed by atoms with Gasteiger partial charge in [-0.1, -0.05) is 13.8 Å². The number of benzene rings is 1. The van der Waals surface area contributed by atoms with Crippen molar-refractivity contribution >= 4 is 34.8 Å². The van der Waals surface area contributed by atoms with Crippen LogP contribution >= 0.6 is 0 Å². The molecule has 0 spiro atoms. The molecule has 0 aliphatic rings. The van der Waals surface area contributed by atoms with Crippen molar-refractivity contribution in [3.63, 3.8) is 0 Å². The predicted molar refractivity (Wildman–Crippen MR) is 94.8 cm³/mol. The third-order valence-electron chi connectivity index (χ3n) is 3.19. The zero-order valence-electron chi connectivity index (χ0n) is 14.4. The Bertz CT molecular complexity index is 604. The van der Waals surface area contributed by atoms with E-state index in [1.807, 2.05) is 13.8 Å². The van der Waals surface area contributed by atoms with Crippen molar-refractivity contribution in [1.29, 1.82) is 0 Å². The van der Waals surface area contributed by atoms with Crippen LogP contribution in [-0.4, -0.2) is 46.4 Å². The Hall–Kier alpha value is -2.26. The lowest BCUT2D eigenvalue weighted by molar-refractivity contribution is -0.138. The van der Waals surface area contributed by atoms with Gasteiger partial charge in [0.05, 0.1) is 0 Å². The number of anilines is 1. The van der Waals surface area contributed by atoms with Crippen LogP contribution in [0.5, 0.6) is 0 Å². The van der Waals surface area contributed by atoms with Crippen LogP contribution < -0.4 is 16.0 Å². The van der Waals surface area contributed by atoms with Crippen LogP contribution in [0.4, 0.5) is 10.5 Å². The summed E-state index contributed by atoms with van der Waals surface area (Å²) >= 11 is -1.11. The fourth-order valence-electron chi connectivity index (χ4n) is 2.04. The van der Waals surface area contributed by atoms with Gasteiger partial charge in [0, 0.05) is 5.69 Å². The number of urea groups is 1. The maximum atomic E-state index is 12.1. The zero-order valence-corrected chi connectivity index (χ0v) is 15.2. The van der Waals surface area contributed by atoms with Crippen LogP contribution in [0.3, 0.4) is 0 Å². The Labute approximate surface area is 149 Å². The molecule has 1 aromatic carbocycles. The lowest BCUT2D eigenvalue weighted by Crippen LogP contribution is -2.49. The molecule has 0 heterocycles. The fraction of sp³-hybridized carbons (Fsp3) is 0.438. The minimum absolute atomic E-state index is 0.125. The van der Waals surface area contributed by atoms with Gasteiger partial charge in [0.2, 0.25) is 5.91 Å². The molecule has 2 unspecified atom stereocenters. The maximum Gasteiger partial charge on any atom is 0.322 e. The first-order valence-electron chi connectivity index (χ1n) is 7.69. The van der Waals surface area contributed by atoms with Gasteiger partial charge in [-0.05, 0) is 47.8 Å². The molecule has 0 radical (unpaired) electrons. The summed E-state index contributed by atoms with van der Waals surface area (Å²) in [7, 11) is 0. The van der Waals surface area contributed by atoms with Gasteiger partial charge in [-0.2, -0.15) is 0 Å². The van der Waals surface area contributed by atoms with E-state index < -0.39 is 41.7 Å². The minimum atomic E-state index is -1.16. The van der Waals surface area contributed by atoms with E-state index >= 15 is 0 Å². The molecule has 2 atom stereocenters. The van der Waals surface area contributed by atoms with E-state index in [2.05, 4.69) is 16.0 Å². The van der Waals surface area contributed by atoms with Crippen molar-refractivity contribution in [1.82, 2.24) is 10.6 Å². The summed E-state index contributed by atoms with van der Waals surface area (Å²) in [6.45, 7) is 3.27. The first kappa shape index (κ1) is 20.8. The van der Waals surface area contributed by atoms with Gasteiger partial charge in [0.25, 0.3) is 0 Å². The zero-order chi connectivity index (χ0) is 19.0. The van der Waals surface area contributed by atoms with Gasteiger partial charge in [0.1, 0.15) is 18.8 Å². The highest BCUT2D eigenvalue weighted by molar-refractivity contribution is 7.90. The van der Waals surface area contributed by atoms with E-state index in [0.717, 1.165) is 0 Å². The Kier molecular flexibility index (Phi) is 8.23. The van der Waals surface area contributed by atoms with Crippen molar-refractivity contribution in [3.8, 4) is 0 Å². The third kappa shape index (κ3) is 7.90. The van der Waals surface area contributed by atoms with Crippen LogP contribution in [0.1, 0.15) is 20.3 Å². The van der Waals surface area contributed by atoms with E-state index in [1.165, 1.54) is 0 Å². The predicted octanol–water partition coefficient (Wildman–Crippen LogP) is 1.16. The molecule has 3 amide bonds. The summed E-state index contributed by atoms with van der Waals surface area (Å²) in [6.07, 6.45) is 1.92. The second-order valence-corrected chi connectivity index (χ2v) is 7.25. The molecular weight excluding hydrogens is 346 g/mol. The molecule has 9 heteroatoms. The molecule has 0 aliphatic carbocycles. The maximum absolute atomic E-state index is 12.1. The number of carbonyl (C=O) groups excluding carboxylic acids is 2. The van der Waals surface area contributed by atoms with E-state index in [-0.39, 0.29) is 5.92 Å². The van der Waals surface area contributed by atoms with E-state index in [0.29, 0.717) is 17.0 Å². The van der Waals surface area contributed by atoms with E-state index in [9.17, 15) is 18.9 Å². The molecule has 1 rings (SSSR count). The summed E-state index contributed by atoms with van der Waals surface area (Å²) in [5.41, 5.74) is 0.487. The number of hydrogen-bond donors (Lipinski definition) is 4. The first-order valence-corrected chi connectivity index (χ1v) is 9.25. The number of amides is 3. The van der Waals surface area contributed by atoms with Gasteiger partial charge in [-0.15, -0.1) is 0 Å². The molecule has 138 valence electrons. The van der Waals surface area contributed by atoms with Crippen LogP contribution in [0.15, 0.2) is 29.2 Å². The second kappa shape index (κ2) is 9.90. The summed E-state index contributed by atoms with van der Waals surface area (Å²) in [5.74, 6) is -1.59. The average Bonchev–Trinajstić information content (AvgIpc) is 2.51. The van der Waals surface area contributed by atoms with Gasteiger partial charge < -0.3 is 25.6 Å². The summed E-state index contributed by atoms with van der Waals surface area (Å²) in [4.78, 5) is 35.3. The molecule has 25 heavy (non-hydrogen) atoms. The molecule has 8 nitrogen and oxygen atoms in total. The number of aliphatic carboxylic acids is 1. The number of rotatable bonds is 8. The van der Waals surface area contributed by atoms with Gasteiger partial charge in [-0.3, -0.25) is 9.59 Å². The largest absolute Gasteiger partial charge is 0.612 e. The van der Waals surface area contributed by atoms with Gasteiger partial charge >= 0.3 is 12.0 Å². The molecule has 0 saturated carbocycles. The normalized spacial score (nSPS) is 13.0. The molecule has 0 saturated heterocycles. The Morgan fingerprint density at radius 2 is 1.80 bits per heavy atom. The summed E-state index contributed by atoms with van der Waals surface area (Å²) < 4.78 is 11.3. The third-order valence-corrected chi connectivity index (χ3v) is 4.12. The standard InChI is InChI=1S/C16H23N3O5S/c1-10(2)8-13(15(22)17-9-14(20)21)19-16(23)18-11-4-6-12(7-5-11)25(3)24/h4-7,10,13H,8-9H2,1-3H3,(H,17,22)(H,20,21)(H2,18,19,23). The average molecular weight is 369 g/mol. The topological polar surface area (TPSA) is 131 Å². The Morgan fingerprint density at radius 3 is 2.28 bits per heavy atom. The SMILES string of the molecule is CC(C)CC(NC(=O)Nc1ccc([S+](C)[O-])cc1)C(=O)NCC(=O)O. The van der Waals surface area contributed by atoms with E-state index in [1.54, 1.807) is 30.5 Å². The molecular formula is C16H23N3O5S. The minimum Gasteiger partial charge on any atom is -0.612 e. The quantitative estimate of drug-likeness (QED) is 0.511. The molecule has 0 aliphatic heterocycles. The van der Waals surface area contributed by atoms with Crippen LogP contribution in [0.2, 0.25) is 0 Å². The van der Waals surface area contributed by atoms with Gasteiger partial charge in [0.15, 0.2) is 4.90 Å². The highest BCUT2D eigenvalue weighted by atomic mass is 32.2. The first-order chi connectivity index (χ1) is 11.7. The highest BCUT2D eigenvalue weighted by Crippen LogP contribution is 2.14. The molecule has 0 aromatic heterocycles. The number of hydrogen-bond acceptors (Lipinski definition) is 4. The number of carbonyl (C=O) groups is 3. The van der Waals surface area contributed by atoms with Crippen molar-refractivity contribution in [2.75, 3.05) is 18.1 Å². The number of carboxylic acids is 1. The van der Waals surface area contributed by atoms with Crippen molar-refractivity contribution < 1.29 is 24.0 Å². The Balaban J connectivity index is 2.67. The number of nitrogens with one attached hydrogen (secondary N) is 3. The van der Waals surface area contributed by atoms with E-state index in [4.69, 9.17) is 5.11 Å². The lowest BCUT2D eigenvalue weighted by atomic mass is 10.0. The van der Waals surface area contributed by atoms with Gasteiger partial charge in [-0.25, -0.2) is 4.79 Å². The van der Waals surface area contributed by atoms with Crippen molar-refractivity contribution in [2.24, 2.45) is 5.92 Å². The lowest BCUT2D eigenvalue weighted by Gasteiger charge is -2.20. The van der Waals surface area contributed by atoms with Crippen LogP contribution in [0, 0.1) is 5.92 Å². The molecule has 1 aromatic rings. The summed E-state index contributed by atoms with van der Waals surface area (Å²) in [5, 5.41) is 16.0. The Morgan fingerprint density at radius 1 is 1.20 bits per heavy atom. The van der Waals surface area contributed by atoms with Crippen LogP contribution in [0.25, 0.3) is 0 Å². The second-order valence-electron chi connectivity index (χ2n) is 5.87. The smallest absolute Gasteiger partial charge is 0.322 e. The summed E-state index contributed by atoms with van der Waals surface area (Å²) in [6, 6.07) is 5.06. The number of carboxylic acid groups (broad SMARTS) is 1. The highest BCUT2D eigenvalue weighted by Gasteiger charge is 2.22. The van der Waals surface area contributed by atoms with Crippen molar-refractivity contribution in [3.05, 3.63) is 24.3 Å². The molecule has 0 fully saturated rings. The monoisotopic (exact) mass is 369 g/mol. The molecule has 4 N–H and O–H groups in total. The van der Waals surface area contributed by atoms with Crippen molar-refractivity contribution in [2.45, 2.75) is 31.2 Å². The van der Waals surface area contributed by atoms with Crippen LogP contribution in [-0.2, 0) is 20.8 Å².